The number of phosphoric acid groups is 2. The zero-order valence-electron chi connectivity index (χ0n) is 43.7. The molecule has 3 saturated heterocycles. The van der Waals surface area contributed by atoms with Gasteiger partial charge in [-0.15, -0.1) is 0 Å². The van der Waals surface area contributed by atoms with Gasteiger partial charge in [-0.25, -0.2) is 43.4 Å². The topological polar surface area (TPSA) is 485 Å². The number of hydrogen-bond acceptors (Lipinski definition) is 24. The standard InChI is InChI=1S/C43H62N16O18P2Si/c1-43(2,3)80(4,5)77-31-29-25(73-38(31)58-19-53-26-32(45)51-18-52-33(26)58)17-71-78(65,66)75-28-24(16-70-79(67,68)76-29)72-37(59-20-54-27-34(59)56-39(46)57-36(27)61)30(28)74-42(64)50-14-13-49-41(63)69-15-21-8-10-22(11-9-21)55-35(60)23(44)7-6-12-48-40(47)62/h8-11,18-20,23-25,28-31,37-38H,6-7,12-17,44H2,1-5H3,(H,49,63)(H,50,64)(H,55,60)(H,65,66)(H,67,68)(H2,45,51,52)(H3,47,48,62)(H3,46,56,57,61)/t23-,24?,25?,28+,29+,30+,31?,37+,38+/m0/s1. The van der Waals surface area contributed by atoms with E-state index in [0.717, 1.165) is 10.9 Å². The van der Waals surface area contributed by atoms with Crippen LogP contribution in [0.25, 0.3) is 22.3 Å². The molecule has 0 radical (unpaired) electrons. The number of nitrogens with two attached hydrogens (primary N) is 4. The summed E-state index contributed by atoms with van der Waals surface area (Å²) >= 11 is 0. The lowest BCUT2D eigenvalue weighted by atomic mass is 10.1. The number of carbonyl (C=O) groups is 4. The largest absolute Gasteiger partial charge is 0.472 e. The summed E-state index contributed by atoms with van der Waals surface area (Å²) in [6.45, 7) is 7.50. The summed E-state index contributed by atoms with van der Waals surface area (Å²) in [5.74, 6) is -0.752. The van der Waals surface area contributed by atoms with Gasteiger partial charge in [0.05, 0.1) is 31.9 Å². The minimum atomic E-state index is -5.35. The highest BCUT2D eigenvalue weighted by atomic mass is 31.2. The Balaban J connectivity index is 0.955. The van der Waals surface area contributed by atoms with Crippen molar-refractivity contribution < 1.29 is 79.6 Å². The lowest BCUT2D eigenvalue weighted by Gasteiger charge is -2.40. The molecule has 5 aromatic rings. The van der Waals surface area contributed by atoms with Crippen LogP contribution in [0, 0.1) is 0 Å². The van der Waals surface area contributed by atoms with Crippen molar-refractivity contribution in [2.24, 2.45) is 11.5 Å². The van der Waals surface area contributed by atoms with Gasteiger partial charge in [0.1, 0.15) is 49.0 Å². The average molecular weight is 1180 g/mol. The number of ether oxygens (including phenoxy) is 4. The number of rotatable bonds is 16. The maximum absolute atomic E-state index is 14.2. The summed E-state index contributed by atoms with van der Waals surface area (Å²) in [4.78, 5) is 109. The molecule has 34 nitrogen and oxygen atoms in total. The Morgan fingerprint density at radius 1 is 0.838 bits per heavy atom. The molecule has 11 atom stereocenters. The molecule has 0 aliphatic carbocycles. The minimum Gasteiger partial charge on any atom is -0.445 e. The Bertz CT molecular complexity index is 3240. The lowest BCUT2D eigenvalue weighted by Crippen LogP contribution is -2.49. The summed E-state index contributed by atoms with van der Waals surface area (Å²) in [5.41, 5.74) is 23.1. The highest BCUT2D eigenvalue weighted by Crippen LogP contribution is 2.55. The van der Waals surface area contributed by atoms with E-state index < -0.39 is 127 Å². The minimum absolute atomic E-state index is 0.0446. The van der Waals surface area contributed by atoms with Gasteiger partial charge < -0.3 is 77.4 Å². The third-order valence-electron chi connectivity index (χ3n) is 13.3. The highest BCUT2D eigenvalue weighted by molar-refractivity contribution is 7.47. The molecule has 1 aromatic carbocycles. The van der Waals surface area contributed by atoms with E-state index in [4.69, 9.17) is 64.4 Å². The smallest absolute Gasteiger partial charge is 0.445 e. The summed E-state index contributed by atoms with van der Waals surface area (Å²) < 4.78 is 84.2. The molecule has 0 bridgehead atoms. The van der Waals surface area contributed by atoms with Gasteiger partial charge in [-0.2, -0.15) is 4.98 Å². The zero-order valence-corrected chi connectivity index (χ0v) is 46.4. The molecule has 15 N–H and O–H groups in total. The van der Waals surface area contributed by atoms with Crippen molar-refractivity contribution in [2.75, 3.05) is 49.6 Å². The van der Waals surface area contributed by atoms with Crippen LogP contribution in [0.5, 0.6) is 0 Å². The molecule has 37 heteroatoms. The molecule has 436 valence electrons. The van der Waals surface area contributed by atoms with Crippen LogP contribution in [-0.4, -0.2) is 157 Å². The van der Waals surface area contributed by atoms with Crippen molar-refractivity contribution in [2.45, 2.75) is 113 Å². The van der Waals surface area contributed by atoms with Crippen LogP contribution in [0.1, 0.15) is 51.6 Å². The van der Waals surface area contributed by atoms with Crippen LogP contribution in [0.3, 0.4) is 0 Å². The SMILES string of the molecule is CC(C)(C)[Si](C)(C)OC1[C@@H]2OP(=O)(O)OCC3O[C@@H](n4cnc5c(=O)[nH]c(N)nc54)[C@H](OC(=O)NCCNC(=O)OCc4ccc(NC(=O)[C@@H](N)CCCNC(N)=O)cc4)[C@@H]3OP(=O)(O)OCC2O[C@H]1n1cnc2c(N)ncnc21. The first-order valence-corrected chi connectivity index (χ1v) is 30.6. The third-order valence-corrected chi connectivity index (χ3v) is 19.8. The fourth-order valence-corrected chi connectivity index (χ4v) is 11.5. The maximum atomic E-state index is 14.2. The number of hydrogen-bond donors (Lipinski definition) is 11. The van der Waals surface area contributed by atoms with E-state index in [-0.39, 0.29) is 60.3 Å². The quantitative estimate of drug-likeness (QED) is 0.0374. The van der Waals surface area contributed by atoms with E-state index in [0.29, 0.717) is 24.1 Å². The van der Waals surface area contributed by atoms with Gasteiger partial charge >= 0.3 is 33.9 Å². The highest BCUT2D eigenvalue weighted by Gasteiger charge is 2.57. The number of nitrogens with zero attached hydrogens (tertiary/aromatic N) is 7. The number of nitrogen functional groups attached to an aromatic ring is 2. The Hall–Kier alpha value is -6.72. The fraction of sp³-hybridized carbons (Fsp3) is 0.535. The second-order valence-electron chi connectivity index (χ2n) is 20.0. The molecule has 5 amide bonds. The number of imidazole rings is 2. The van der Waals surface area contributed by atoms with Crippen molar-refractivity contribution in [3.05, 3.63) is 59.2 Å². The van der Waals surface area contributed by atoms with E-state index in [1.807, 2.05) is 33.9 Å². The molecule has 0 spiro atoms. The summed E-state index contributed by atoms with van der Waals surface area (Å²) in [6.07, 6.45) is -10.3. The van der Waals surface area contributed by atoms with E-state index in [1.54, 1.807) is 24.3 Å². The summed E-state index contributed by atoms with van der Waals surface area (Å²) in [5, 5.41) is 9.54. The van der Waals surface area contributed by atoms with E-state index in [9.17, 15) is 42.9 Å². The van der Waals surface area contributed by atoms with Crippen molar-refractivity contribution in [3.63, 3.8) is 0 Å². The maximum Gasteiger partial charge on any atom is 0.472 e. The van der Waals surface area contributed by atoms with E-state index >= 15 is 0 Å². The number of H-pyrrole nitrogens is 1. The van der Waals surface area contributed by atoms with Crippen molar-refractivity contribution in [3.8, 4) is 0 Å². The predicted octanol–water partition coefficient (Wildman–Crippen LogP) is 1.06. The second kappa shape index (κ2) is 24.2. The number of amides is 5. The Kier molecular flexibility index (Phi) is 17.9. The summed E-state index contributed by atoms with van der Waals surface area (Å²) in [6, 6.07) is 4.84. The first-order chi connectivity index (χ1) is 37.7. The number of aromatic amines is 1. The monoisotopic (exact) mass is 1180 g/mol. The number of aromatic nitrogens is 8. The van der Waals surface area contributed by atoms with Crippen molar-refractivity contribution in [1.82, 2.24) is 55.0 Å². The Morgan fingerprint density at radius 2 is 1.43 bits per heavy atom. The zero-order chi connectivity index (χ0) is 57.9. The van der Waals surface area contributed by atoms with Gasteiger partial charge in [0.25, 0.3) is 5.56 Å². The van der Waals surface area contributed by atoms with Gasteiger partial charge in [-0.05, 0) is 48.7 Å². The molecule has 4 aromatic heterocycles. The fourth-order valence-electron chi connectivity index (χ4n) is 8.32. The normalized spacial score (nSPS) is 26.8. The van der Waals surface area contributed by atoms with Crippen LogP contribution in [-0.2, 0) is 62.0 Å². The molecular weight excluding hydrogens is 1120 g/mol. The number of urea groups is 1. The molecular formula is C43H62N16O18P2Si. The average Bonchev–Trinajstić information content (AvgIpc) is 4.38. The molecule has 0 saturated carbocycles. The third kappa shape index (κ3) is 14.1. The first-order valence-electron chi connectivity index (χ1n) is 24.7. The van der Waals surface area contributed by atoms with Crippen molar-refractivity contribution in [1.29, 1.82) is 0 Å². The molecule has 3 aliphatic rings. The predicted molar refractivity (Wildman–Crippen MR) is 280 cm³/mol. The number of primary amides is 1. The number of phosphoric ester groups is 2. The Morgan fingerprint density at radius 3 is 2.05 bits per heavy atom. The number of alkyl carbamates (subject to hydrolysis) is 2. The molecule has 3 fully saturated rings. The van der Waals surface area contributed by atoms with Crippen LogP contribution in [0.15, 0.2) is 48.0 Å². The first kappa shape index (κ1) is 59.4. The molecule has 8 rings (SSSR count). The number of fused-ring (bicyclic) bond motifs is 4. The van der Waals surface area contributed by atoms with Gasteiger partial charge in [-0.3, -0.25) is 41.8 Å². The lowest BCUT2D eigenvalue weighted by molar-refractivity contribution is -0.117. The van der Waals surface area contributed by atoms with Crippen LogP contribution >= 0.6 is 15.6 Å². The van der Waals surface area contributed by atoms with Crippen molar-refractivity contribution >= 4 is 87.9 Å². The number of anilines is 3. The van der Waals surface area contributed by atoms with Crippen LogP contribution in [0.4, 0.5) is 31.8 Å². The number of carbonyl (C=O) groups excluding carboxylic acids is 4. The van der Waals surface area contributed by atoms with Gasteiger partial charge in [-0.1, -0.05) is 32.9 Å². The van der Waals surface area contributed by atoms with Gasteiger partial charge in [0.15, 0.2) is 49.5 Å². The van der Waals surface area contributed by atoms with E-state index in [2.05, 4.69) is 51.2 Å². The Labute approximate surface area is 454 Å². The second-order valence-corrected chi connectivity index (χ2v) is 27.6. The molecule has 3 aliphatic heterocycles. The van der Waals surface area contributed by atoms with Gasteiger partial charge in [0, 0.05) is 25.3 Å². The molecule has 7 heterocycles. The summed E-state index contributed by atoms with van der Waals surface area (Å²) in [7, 11) is -13.5. The number of nitrogens with one attached hydrogen (secondary N) is 5. The van der Waals surface area contributed by atoms with Gasteiger partial charge in [0.2, 0.25) is 11.9 Å². The number of benzene rings is 1. The molecule has 80 heavy (non-hydrogen) atoms. The van der Waals surface area contributed by atoms with Crippen LogP contribution in [0.2, 0.25) is 18.1 Å². The van der Waals surface area contributed by atoms with Crippen LogP contribution < -0.4 is 49.8 Å². The molecule has 5 unspecified atom stereocenters. The van der Waals surface area contributed by atoms with E-state index in [1.165, 1.54) is 17.2 Å².